The smallest absolute Gasteiger partial charge is 0.170 e. The van der Waals surface area contributed by atoms with Crippen molar-refractivity contribution in [1.82, 2.24) is 24.8 Å². The van der Waals surface area contributed by atoms with Crippen molar-refractivity contribution in [2.24, 2.45) is 0 Å². The number of hydrogen-bond donors (Lipinski definition) is 2. The number of thiocarbonyl (C=S) groups is 1. The highest BCUT2D eigenvalue weighted by molar-refractivity contribution is 7.80. The van der Waals surface area contributed by atoms with Gasteiger partial charge < -0.3 is 19.9 Å². The van der Waals surface area contributed by atoms with E-state index in [-0.39, 0.29) is 18.7 Å². The lowest BCUT2D eigenvalue weighted by Crippen LogP contribution is -2.31. The standard InChI is InChI=1S/C20H21N5OS/c26-14-6-13-25-19(18(23-20(25)27)15-7-1-3-10-21-15)16-8-5-12-24(16)17-9-2-4-11-22-17/h1-5,7-12,18-19,26H,6,13-14H2,(H,23,27). The predicted molar refractivity (Wildman–Crippen MR) is 107 cm³/mol. The third kappa shape index (κ3) is 3.43. The van der Waals surface area contributed by atoms with Crippen molar-refractivity contribution in [3.8, 4) is 5.82 Å². The zero-order chi connectivity index (χ0) is 18.6. The molecule has 0 radical (unpaired) electrons. The molecule has 0 aliphatic carbocycles. The molecule has 4 heterocycles. The topological polar surface area (TPSA) is 66.2 Å². The Morgan fingerprint density at radius 1 is 1.04 bits per heavy atom. The van der Waals surface area contributed by atoms with Crippen LogP contribution in [0.15, 0.2) is 67.1 Å². The third-order valence-corrected chi connectivity index (χ3v) is 5.09. The molecule has 3 aromatic rings. The first-order valence-electron chi connectivity index (χ1n) is 8.97. The van der Waals surface area contributed by atoms with Gasteiger partial charge in [0.15, 0.2) is 5.11 Å². The Morgan fingerprint density at radius 2 is 1.85 bits per heavy atom. The Hall–Kier alpha value is -2.77. The number of hydrogen-bond acceptors (Lipinski definition) is 4. The minimum absolute atomic E-state index is 0.0454. The summed E-state index contributed by atoms with van der Waals surface area (Å²) >= 11 is 5.62. The zero-order valence-electron chi connectivity index (χ0n) is 14.8. The highest BCUT2D eigenvalue weighted by Gasteiger charge is 2.40. The van der Waals surface area contributed by atoms with E-state index < -0.39 is 0 Å². The lowest BCUT2D eigenvalue weighted by atomic mass is 10.0. The van der Waals surface area contributed by atoms with Gasteiger partial charge in [-0.2, -0.15) is 0 Å². The van der Waals surface area contributed by atoms with E-state index in [2.05, 4.69) is 30.8 Å². The summed E-state index contributed by atoms with van der Waals surface area (Å²) in [7, 11) is 0. The number of pyridine rings is 2. The van der Waals surface area contributed by atoms with Crippen LogP contribution in [-0.4, -0.2) is 42.8 Å². The van der Waals surface area contributed by atoms with E-state index in [9.17, 15) is 5.11 Å². The second-order valence-electron chi connectivity index (χ2n) is 6.39. The predicted octanol–water partition coefficient (Wildman–Crippen LogP) is 2.62. The fourth-order valence-electron chi connectivity index (χ4n) is 3.55. The maximum atomic E-state index is 9.33. The quantitative estimate of drug-likeness (QED) is 0.642. The van der Waals surface area contributed by atoms with E-state index in [1.165, 1.54) is 0 Å². The molecule has 1 fully saturated rings. The second kappa shape index (κ2) is 7.85. The summed E-state index contributed by atoms with van der Waals surface area (Å²) in [6, 6.07) is 15.8. The van der Waals surface area contributed by atoms with Gasteiger partial charge in [0.2, 0.25) is 0 Å². The van der Waals surface area contributed by atoms with Crippen LogP contribution in [0.3, 0.4) is 0 Å². The molecule has 4 rings (SSSR count). The van der Waals surface area contributed by atoms with Crippen LogP contribution in [0, 0.1) is 0 Å². The van der Waals surface area contributed by atoms with E-state index in [0.717, 1.165) is 17.2 Å². The molecule has 3 aromatic heterocycles. The molecule has 0 aromatic carbocycles. The maximum Gasteiger partial charge on any atom is 0.170 e. The maximum absolute atomic E-state index is 9.33. The van der Waals surface area contributed by atoms with Crippen molar-refractivity contribution < 1.29 is 5.11 Å². The molecule has 7 heteroatoms. The molecule has 0 spiro atoms. The monoisotopic (exact) mass is 379 g/mol. The molecular weight excluding hydrogens is 358 g/mol. The molecular formula is C20H21N5OS. The van der Waals surface area contributed by atoms with Crippen LogP contribution in [0.5, 0.6) is 0 Å². The average Bonchev–Trinajstić information content (AvgIpc) is 3.32. The van der Waals surface area contributed by atoms with Crippen molar-refractivity contribution in [1.29, 1.82) is 0 Å². The van der Waals surface area contributed by atoms with Crippen LogP contribution in [-0.2, 0) is 0 Å². The van der Waals surface area contributed by atoms with Gasteiger partial charge in [-0.25, -0.2) is 4.98 Å². The van der Waals surface area contributed by atoms with E-state index in [4.69, 9.17) is 12.2 Å². The van der Waals surface area contributed by atoms with Crippen molar-refractivity contribution in [3.63, 3.8) is 0 Å². The summed E-state index contributed by atoms with van der Waals surface area (Å²) in [4.78, 5) is 11.2. The first kappa shape index (κ1) is 17.6. The Morgan fingerprint density at radius 3 is 2.56 bits per heavy atom. The lowest BCUT2D eigenvalue weighted by Gasteiger charge is -2.28. The van der Waals surface area contributed by atoms with Crippen LogP contribution in [0.25, 0.3) is 5.82 Å². The van der Waals surface area contributed by atoms with E-state index in [0.29, 0.717) is 18.1 Å². The Balaban J connectivity index is 1.78. The van der Waals surface area contributed by atoms with Crippen LogP contribution < -0.4 is 5.32 Å². The number of aromatic nitrogens is 3. The van der Waals surface area contributed by atoms with Gasteiger partial charge >= 0.3 is 0 Å². The minimum Gasteiger partial charge on any atom is -0.396 e. The number of aliphatic hydroxyl groups excluding tert-OH is 1. The van der Waals surface area contributed by atoms with Crippen LogP contribution in [0.2, 0.25) is 0 Å². The first-order valence-corrected chi connectivity index (χ1v) is 9.38. The molecule has 1 aliphatic heterocycles. The summed E-state index contributed by atoms with van der Waals surface area (Å²) in [6.07, 6.45) is 6.25. The van der Waals surface area contributed by atoms with Gasteiger partial charge in [-0.1, -0.05) is 12.1 Å². The Kier molecular flexibility index (Phi) is 5.13. The van der Waals surface area contributed by atoms with Crippen molar-refractivity contribution in [2.45, 2.75) is 18.5 Å². The molecule has 0 bridgehead atoms. The molecule has 0 saturated carbocycles. The summed E-state index contributed by atoms with van der Waals surface area (Å²) in [5, 5.41) is 13.4. The average molecular weight is 379 g/mol. The fourth-order valence-corrected chi connectivity index (χ4v) is 3.88. The summed E-state index contributed by atoms with van der Waals surface area (Å²) < 4.78 is 2.09. The van der Waals surface area contributed by atoms with Crippen LogP contribution in [0.4, 0.5) is 0 Å². The Bertz CT molecular complexity index is 899. The number of nitrogens with zero attached hydrogens (tertiary/aromatic N) is 4. The zero-order valence-corrected chi connectivity index (χ0v) is 15.6. The number of rotatable bonds is 6. The van der Waals surface area contributed by atoms with Crippen molar-refractivity contribution >= 4 is 17.3 Å². The normalized spacial score (nSPS) is 19.3. The second-order valence-corrected chi connectivity index (χ2v) is 6.77. The first-order chi connectivity index (χ1) is 13.3. The number of aliphatic hydroxyl groups is 1. The van der Waals surface area contributed by atoms with Gasteiger partial charge in [0.1, 0.15) is 5.82 Å². The molecule has 1 saturated heterocycles. The minimum atomic E-state index is -0.0743. The summed E-state index contributed by atoms with van der Waals surface area (Å²) in [5.74, 6) is 0.859. The van der Waals surface area contributed by atoms with E-state index in [1.807, 2.05) is 48.7 Å². The van der Waals surface area contributed by atoms with E-state index >= 15 is 0 Å². The van der Waals surface area contributed by atoms with Gasteiger partial charge in [-0.05, 0) is 55.0 Å². The molecule has 138 valence electrons. The molecule has 1 aliphatic rings. The van der Waals surface area contributed by atoms with Crippen molar-refractivity contribution in [3.05, 3.63) is 78.5 Å². The van der Waals surface area contributed by atoms with Gasteiger partial charge in [-0.15, -0.1) is 0 Å². The van der Waals surface area contributed by atoms with Gasteiger partial charge in [0, 0.05) is 37.4 Å². The highest BCUT2D eigenvalue weighted by Crippen LogP contribution is 2.39. The summed E-state index contributed by atoms with van der Waals surface area (Å²) in [5.41, 5.74) is 2.01. The van der Waals surface area contributed by atoms with Gasteiger partial charge in [0.05, 0.1) is 17.8 Å². The molecule has 2 unspecified atom stereocenters. The summed E-state index contributed by atoms with van der Waals surface area (Å²) in [6.45, 7) is 0.797. The van der Waals surface area contributed by atoms with Gasteiger partial charge in [0.25, 0.3) is 0 Å². The third-order valence-electron chi connectivity index (χ3n) is 4.73. The van der Waals surface area contributed by atoms with Crippen LogP contribution >= 0.6 is 12.2 Å². The molecule has 2 N–H and O–H groups in total. The molecule has 0 amide bonds. The SMILES string of the molecule is OCCCN1C(=S)NC(c2ccccn2)C1c1cccn1-c1ccccn1. The highest BCUT2D eigenvalue weighted by atomic mass is 32.1. The Labute approximate surface area is 163 Å². The molecule has 6 nitrogen and oxygen atoms in total. The fraction of sp³-hybridized carbons (Fsp3) is 0.250. The molecule has 27 heavy (non-hydrogen) atoms. The van der Waals surface area contributed by atoms with Gasteiger partial charge in [-0.3, -0.25) is 4.98 Å². The molecule has 2 atom stereocenters. The van der Waals surface area contributed by atoms with Crippen molar-refractivity contribution in [2.75, 3.05) is 13.2 Å². The lowest BCUT2D eigenvalue weighted by molar-refractivity contribution is 0.244. The van der Waals surface area contributed by atoms with Crippen LogP contribution in [0.1, 0.15) is 29.9 Å². The number of nitrogens with one attached hydrogen (secondary N) is 1. The largest absolute Gasteiger partial charge is 0.396 e. The van der Waals surface area contributed by atoms with E-state index in [1.54, 1.807) is 12.4 Å².